The van der Waals surface area contributed by atoms with Gasteiger partial charge in [-0.1, -0.05) is 0 Å². The fourth-order valence-corrected chi connectivity index (χ4v) is 2.55. The van der Waals surface area contributed by atoms with Crippen LogP contribution in [0.25, 0.3) is 0 Å². The normalized spacial score (nSPS) is 10.2. The number of benzene rings is 1. The SMILES string of the molecule is CCOC(=O)c1ccc(NCc2cc(OC)ccc2O)s1. The maximum atomic E-state index is 11.6. The Morgan fingerprint density at radius 2 is 2.14 bits per heavy atom. The molecule has 5 nitrogen and oxygen atoms in total. The van der Waals surface area contributed by atoms with Crippen LogP contribution in [0.4, 0.5) is 5.00 Å². The molecule has 0 fully saturated rings. The van der Waals surface area contributed by atoms with Crippen LogP contribution in [-0.4, -0.2) is 24.8 Å². The Labute approximate surface area is 127 Å². The van der Waals surface area contributed by atoms with E-state index in [0.29, 0.717) is 23.8 Å². The van der Waals surface area contributed by atoms with E-state index in [0.717, 1.165) is 10.6 Å². The summed E-state index contributed by atoms with van der Waals surface area (Å²) in [5.41, 5.74) is 0.723. The van der Waals surface area contributed by atoms with Crippen molar-refractivity contribution in [1.29, 1.82) is 0 Å². The Kier molecular flexibility index (Phi) is 5.05. The molecular weight excluding hydrogens is 290 g/mol. The zero-order valence-corrected chi connectivity index (χ0v) is 12.7. The highest BCUT2D eigenvalue weighted by Crippen LogP contribution is 2.26. The minimum Gasteiger partial charge on any atom is -0.508 e. The standard InChI is InChI=1S/C15H17NO4S/c1-3-20-15(18)13-6-7-14(21-13)16-9-10-8-11(19-2)4-5-12(10)17/h4-8,16-17H,3,9H2,1-2H3. The molecule has 0 atom stereocenters. The molecule has 1 aromatic heterocycles. The lowest BCUT2D eigenvalue weighted by molar-refractivity contribution is 0.0532. The topological polar surface area (TPSA) is 67.8 Å². The molecule has 2 rings (SSSR count). The number of phenolic OH excluding ortho intramolecular Hbond substituents is 1. The van der Waals surface area contributed by atoms with Crippen LogP contribution in [0.3, 0.4) is 0 Å². The Hall–Kier alpha value is -2.21. The largest absolute Gasteiger partial charge is 0.508 e. The maximum absolute atomic E-state index is 11.6. The Bertz CT molecular complexity index is 624. The van der Waals surface area contributed by atoms with Gasteiger partial charge >= 0.3 is 5.97 Å². The monoisotopic (exact) mass is 307 g/mol. The quantitative estimate of drug-likeness (QED) is 0.802. The molecule has 0 saturated carbocycles. The highest BCUT2D eigenvalue weighted by Gasteiger charge is 2.10. The van der Waals surface area contributed by atoms with Crippen LogP contribution in [0, 0.1) is 0 Å². The average Bonchev–Trinajstić information content (AvgIpc) is 2.96. The van der Waals surface area contributed by atoms with Crippen molar-refractivity contribution in [3.63, 3.8) is 0 Å². The number of hydrogen-bond acceptors (Lipinski definition) is 6. The van der Waals surface area contributed by atoms with Gasteiger partial charge in [0.2, 0.25) is 0 Å². The van der Waals surface area contributed by atoms with Gasteiger partial charge in [-0.15, -0.1) is 11.3 Å². The minimum absolute atomic E-state index is 0.200. The number of anilines is 1. The summed E-state index contributed by atoms with van der Waals surface area (Å²) < 4.78 is 10.1. The molecule has 112 valence electrons. The number of thiophene rings is 1. The van der Waals surface area contributed by atoms with Crippen molar-refractivity contribution in [2.45, 2.75) is 13.5 Å². The highest BCUT2D eigenvalue weighted by molar-refractivity contribution is 7.17. The first-order chi connectivity index (χ1) is 10.1. The van der Waals surface area contributed by atoms with E-state index in [9.17, 15) is 9.90 Å². The summed E-state index contributed by atoms with van der Waals surface area (Å²) in [6, 6.07) is 8.59. The van der Waals surface area contributed by atoms with Crippen LogP contribution in [-0.2, 0) is 11.3 Å². The van der Waals surface area contributed by atoms with Crippen molar-refractivity contribution in [3.8, 4) is 11.5 Å². The van der Waals surface area contributed by atoms with Crippen molar-refractivity contribution in [1.82, 2.24) is 0 Å². The van der Waals surface area contributed by atoms with Crippen molar-refractivity contribution in [3.05, 3.63) is 40.8 Å². The zero-order valence-electron chi connectivity index (χ0n) is 11.9. The lowest BCUT2D eigenvalue weighted by atomic mass is 10.2. The Balaban J connectivity index is 2.02. The number of aromatic hydroxyl groups is 1. The van der Waals surface area contributed by atoms with Crippen molar-refractivity contribution in [2.24, 2.45) is 0 Å². The van der Waals surface area contributed by atoms with E-state index in [-0.39, 0.29) is 11.7 Å². The van der Waals surface area contributed by atoms with Gasteiger partial charge in [-0.25, -0.2) is 4.79 Å². The smallest absolute Gasteiger partial charge is 0.348 e. The predicted octanol–water partition coefficient (Wildman–Crippen LogP) is 3.25. The summed E-state index contributed by atoms with van der Waals surface area (Å²) in [5.74, 6) is 0.563. The second-order valence-corrected chi connectivity index (χ2v) is 5.32. The fourth-order valence-electron chi connectivity index (χ4n) is 1.76. The number of carbonyl (C=O) groups excluding carboxylic acids is 1. The number of hydrogen-bond donors (Lipinski definition) is 2. The third-order valence-corrected chi connectivity index (χ3v) is 3.85. The highest BCUT2D eigenvalue weighted by atomic mass is 32.1. The van der Waals surface area contributed by atoms with Gasteiger partial charge < -0.3 is 19.9 Å². The Morgan fingerprint density at radius 1 is 1.33 bits per heavy atom. The second-order valence-electron chi connectivity index (χ2n) is 4.23. The lowest BCUT2D eigenvalue weighted by Crippen LogP contribution is -2.01. The summed E-state index contributed by atoms with van der Waals surface area (Å²) >= 11 is 1.32. The van der Waals surface area contributed by atoms with E-state index in [1.165, 1.54) is 11.3 Å². The van der Waals surface area contributed by atoms with Gasteiger partial charge in [0, 0.05) is 12.1 Å². The molecule has 0 aliphatic rings. The molecule has 21 heavy (non-hydrogen) atoms. The molecule has 0 aliphatic heterocycles. The third kappa shape index (κ3) is 3.88. The van der Waals surface area contributed by atoms with Crippen LogP contribution in [0.5, 0.6) is 11.5 Å². The van der Waals surface area contributed by atoms with E-state index >= 15 is 0 Å². The predicted molar refractivity (Wildman–Crippen MR) is 82.3 cm³/mol. The molecule has 0 bridgehead atoms. The molecule has 0 aliphatic carbocycles. The van der Waals surface area contributed by atoms with Crippen molar-refractivity contribution >= 4 is 22.3 Å². The van der Waals surface area contributed by atoms with Gasteiger partial charge in [-0.05, 0) is 37.3 Å². The van der Waals surface area contributed by atoms with Crippen molar-refractivity contribution < 1.29 is 19.4 Å². The zero-order chi connectivity index (χ0) is 15.2. The summed E-state index contributed by atoms with van der Waals surface area (Å²) in [5, 5.41) is 13.8. The average molecular weight is 307 g/mol. The molecule has 2 aromatic rings. The summed E-state index contributed by atoms with van der Waals surface area (Å²) in [6.45, 7) is 2.57. The first kappa shape index (κ1) is 15.2. The van der Waals surface area contributed by atoms with E-state index in [1.54, 1.807) is 38.3 Å². The van der Waals surface area contributed by atoms with E-state index in [4.69, 9.17) is 9.47 Å². The molecule has 1 heterocycles. The van der Waals surface area contributed by atoms with Crippen LogP contribution in [0.15, 0.2) is 30.3 Å². The van der Waals surface area contributed by atoms with Gasteiger partial charge in [-0.2, -0.15) is 0 Å². The Morgan fingerprint density at radius 3 is 2.86 bits per heavy atom. The fraction of sp³-hybridized carbons (Fsp3) is 0.267. The number of carbonyl (C=O) groups is 1. The van der Waals surface area contributed by atoms with Crippen LogP contribution in [0.1, 0.15) is 22.2 Å². The molecule has 0 saturated heterocycles. The van der Waals surface area contributed by atoms with Gasteiger partial charge in [0.05, 0.1) is 18.7 Å². The third-order valence-electron chi connectivity index (χ3n) is 2.82. The van der Waals surface area contributed by atoms with E-state index < -0.39 is 0 Å². The first-order valence-electron chi connectivity index (χ1n) is 6.50. The number of rotatable bonds is 6. The molecule has 2 N–H and O–H groups in total. The first-order valence-corrected chi connectivity index (χ1v) is 7.32. The molecule has 0 unspecified atom stereocenters. The van der Waals surface area contributed by atoms with E-state index in [2.05, 4.69) is 5.32 Å². The summed E-state index contributed by atoms with van der Waals surface area (Å²) in [4.78, 5) is 12.1. The lowest BCUT2D eigenvalue weighted by Gasteiger charge is -2.08. The van der Waals surface area contributed by atoms with Gasteiger partial charge in [0.25, 0.3) is 0 Å². The van der Waals surface area contributed by atoms with Gasteiger partial charge in [-0.3, -0.25) is 0 Å². The van der Waals surface area contributed by atoms with Gasteiger partial charge in [0.1, 0.15) is 16.4 Å². The summed E-state index contributed by atoms with van der Waals surface area (Å²) in [7, 11) is 1.58. The van der Waals surface area contributed by atoms with E-state index in [1.807, 2.05) is 6.07 Å². The van der Waals surface area contributed by atoms with Gasteiger partial charge in [0.15, 0.2) is 0 Å². The number of phenols is 1. The molecular formula is C15H17NO4S. The van der Waals surface area contributed by atoms with Crippen LogP contribution in [0.2, 0.25) is 0 Å². The summed E-state index contributed by atoms with van der Waals surface area (Å²) in [6.07, 6.45) is 0. The number of nitrogens with one attached hydrogen (secondary N) is 1. The minimum atomic E-state index is -0.320. The molecule has 0 spiro atoms. The molecule has 0 radical (unpaired) electrons. The maximum Gasteiger partial charge on any atom is 0.348 e. The van der Waals surface area contributed by atoms with Crippen LogP contribution >= 0.6 is 11.3 Å². The number of ether oxygens (including phenoxy) is 2. The molecule has 0 amide bonds. The number of methoxy groups -OCH3 is 1. The molecule has 1 aromatic carbocycles. The van der Waals surface area contributed by atoms with Crippen LogP contribution < -0.4 is 10.1 Å². The molecule has 6 heteroatoms. The van der Waals surface area contributed by atoms with Crippen molar-refractivity contribution in [2.75, 3.05) is 19.0 Å². The second kappa shape index (κ2) is 6.99. The number of esters is 1.